The van der Waals surface area contributed by atoms with Crippen molar-refractivity contribution >= 4 is 24.0 Å². The Labute approximate surface area is 143 Å². The second kappa shape index (κ2) is 6.70. The van der Waals surface area contributed by atoms with Crippen LogP contribution in [0.2, 0.25) is 0 Å². The van der Waals surface area contributed by atoms with E-state index in [-0.39, 0.29) is 29.6 Å². The number of piperidine rings is 1. The normalized spacial score (nSPS) is 24.6. The van der Waals surface area contributed by atoms with Gasteiger partial charge in [-0.25, -0.2) is 0 Å². The summed E-state index contributed by atoms with van der Waals surface area (Å²) in [7, 11) is 0. The molecule has 1 heterocycles. The lowest BCUT2D eigenvalue weighted by molar-refractivity contribution is -0.118. The van der Waals surface area contributed by atoms with Gasteiger partial charge in [-0.1, -0.05) is 12.1 Å². The van der Waals surface area contributed by atoms with Crippen LogP contribution in [0.25, 0.3) is 0 Å². The molecule has 3 fully saturated rings. The number of carbonyl (C=O) groups is 1. The molecule has 0 radical (unpaired) electrons. The fourth-order valence-electron chi connectivity index (χ4n) is 3.60. The van der Waals surface area contributed by atoms with Gasteiger partial charge in [0.05, 0.1) is 12.3 Å². The molecule has 5 heteroatoms. The van der Waals surface area contributed by atoms with E-state index in [1.807, 2.05) is 24.3 Å². The summed E-state index contributed by atoms with van der Waals surface area (Å²) < 4.78 is 5.87. The van der Waals surface area contributed by atoms with Crippen LogP contribution in [0.5, 0.6) is 5.75 Å². The van der Waals surface area contributed by atoms with Crippen molar-refractivity contribution in [1.82, 2.24) is 5.32 Å². The maximum Gasteiger partial charge on any atom is 0.228 e. The first-order chi connectivity index (χ1) is 10.8. The van der Waals surface area contributed by atoms with Crippen LogP contribution in [0.4, 0.5) is 5.69 Å². The number of rotatable bonds is 5. The van der Waals surface area contributed by atoms with Crippen LogP contribution >= 0.6 is 12.4 Å². The Morgan fingerprint density at radius 3 is 2.74 bits per heavy atom. The lowest BCUT2D eigenvalue weighted by Gasteiger charge is -2.23. The van der Waals surface area contributed by atoms with Crippen molar-refractivity contribution < 1.29 is 9.53 Å². The summed E-state index contributed by atoms with van der Waals surface area (Å²) in [4.78, 5) is 12.6. The third-order valence-electron chi connectivity index (χ3n) is 5.42. The highest BCUT2D eigenvalue weighted by atomic mass is 35.5. The molecule has 1 saturated heterocycles. The van der Waals surface area contributed by atoms with Gasteiger partial charge in [-0.3, -0.25) is 4.79 Å². The Morgan fingerprint density at radius 2 is 2.00 bits per heavy atom. The molecule has 23 heavy (non-hydrogen) atoms. The van der Waals surface area contributed by atoms with Crippen LogP contribution in [-0.4, -0.2) is 25.6 Å². The Balaban J connectivity index is 0.00000156. The minimum absolute atomic E-state index is 0. The highest BCUT2D eigenvalue weighted by Gasteiger charge is 2.57. The molecule has 4 nitrogen and oxygen atoms in total. The molecule has 1 amide bonds. The average Bonchev–Trinajstić information content (AvgIpc) is 3.45. The first-order valence-corrected chi connectivity index (χ1v) is 8.50. The van der Waals surface area contributed by atoms with E-state index in [0.29, 0.717) is 5.92 Å². The maximum atomic E-state index is 12.6. The zero-order chi connectivity index (χ0) is 15.0. The second-order valence-electron chi connectivity index (χ2n) is 7.11. The molecule has 2 aliphatic carbocycles. The van der Waals surface area contributed by atoms with Gasteiger partial charge >= 0.3 is 0 Å². The van der Waals surface area contributed by atoms with Crippen molar-refractivity contribution in [3.63, 3.8) is 0 Å². The van der Waals surface area contributed by atoms with Crippen molar-refractivity contribution in [2.45, 2.75) is 32.1 Å². The topological polar surface area (TPSA) is 50.4 Å². The quantitative estimate of drug-likeness (QED) is 0.868. The van der Waals surface area contributed by atoms with E-state index in [1.165, 1.54) is 12.8 Å². The van der Waals surface area contributed by atoms with Gasteiger partial charge < -0.3 is 15.4 Å². The van der Waals surface area contributed by atoms with Crippen LogP contribution in [0.15, 0.2) is 24.3 Å². The van der Waals surface area contributed by atoms with Gasteiger partial charge in [0.1, 0.15) is 5.75 Å². The Morgan fingerprint density at radius 1 is 1.26 bits per heavy atom. The number of para-hydroxylation sites is 2. The number of carbonyl (C=O) groups excluding carboxylic acids is 1. The Hall–Kier alpha value is -1.26. The highest BCUT2D eigenvalue weighted by Crippen LogP contribution is 2.58. The van der Waals surface area contributed by atoms with Crippen molar-refractivity contribution in [2.75, 3.05) is 25.0 Å². The fraction of sp³-hybridized carbons (Fsp3) is 0.611. The number of halogens is 1. The number of hydrogen-bond donors (Lipinski definition) is 2. The van der Waals surface area contributed by atoms with Crippen molar-refractivity contribution in [3.05, 3.63) is 24.3 Å². The zero-order valence-electron chi connectivity index (χ0n) is 13.3. The first kappa shape index (κ1) is 16.6. The molecule has 1 unspecified atom stereocenters. The number of hydrogen-bond acceptors (Lipinski definition) is 3. The van der Waals surface area contributed by atoms with Gasteiger partial charge in [-0.05, 0) is 68.7 Å². The fourth-order valence-corrected chi connectivity index (χ4v) is 3.60. The van der Waals surface area contributed by atoms with E-state index in [9.17, 15) is 4.79 Å². The van der Waals surface area contributed by atoms with Gasteiger partial charge in [-0.15, -0.1) is 12.4 Å². The molecule has 126 valence electrons. The van der Waals surface area contributed by atoms with E-state index in [2.05, 4.69) is 10.6 Å². The van der Waals surface area contributed by atoms with Crippen molar-refractivity contribution in [3.8, 4) is 5.75 Å². The van der Waals surface area contributed by atoms with Crippen LogP contribution in [0.1, 0.15) is 32.1 Å². The molecule has 1 aromatic rings. The molecule has 2 N–H and O–H groups in total. The predicted octanol–water partition coefficient (Wildman–Crippen LogP) is 3.23. The smallest absolute Gasteiger partial charge is 0.228 e. The molecule has 1 aromatic carbocycles. The van der Waals surface area contributed by atoms with Crippen LogP contribution in [-0.2, 0) is 4.79 Å². The molecule has 2 saturated carbocycles. The molecule has 3 aliphatic rings. The third kappa shape index (κ3) is 3.64. The average molecular weight is 337 g/mol. The second-order valence-corrected chi connectivity index (χ2v) is 7.11. The van der Waals surface area contributed by atoms with Crippen LogP contribution in [0, 0.1) is 17.3 Å². The molecule has 0 bridgehead atoms. The summed E-state index contributed by atoms with van der Waals surface area (Å²) in [5, 5.41) is 6.48. The van der Waals surface area contributed by atoms with E-state index < -0.39 is 0 Å². The van der Waals surface area contributed by atoms with E-state index in [4.69, 9.17) is 4.74 Å². The van der Waals surface area contributed by atoms with Gasteiger partial charge in [0.25, 0.3) is 0 Å². The van der Waals surface area contributed by atoms with Gasteiger partial charge in [0, 0.05) is 5.92 Å². The molecule has 0 aromatic heterocycles. The number of amides is 1. The number of anilines is 1. The van der Waals surface area contributed by atoms with Crippen LogP contribution < -0.4 is 15.4 Å². The molecular formula is C18H25ClN2O2. The largest absolute Gasteiger partial charge is 0.491 e. The third-order valence-corrected chi connectivity index (χ3v) is 5.42. The summed E-state index contributed by atoms with van der Waals surface area (Å²) in [6.07, 6.45) is 5.85. The van der Waals surface area contributed by atoms with E-state index >= 15 is 0 Å². The predicted molar refractivity (Wildman–Crippen MR) is 93.2 cm³/mol. The lowest BCUT2D eigenvalue weighted by Crippen LogP contribution is -2.31. The van der Waals surface area contributed by atoms with E-state index in [1.54, 1.807) is 0 Å². The lowest BCUT2D eigenvalue weighted by atomic mass is 9.92. The van der Waals surface area contributed by atoms with Crippen molar-refractivity contribution in [1.29, 1.82) is 0 Å². The van der Waals surface area contributed by atoms with Gasteiger partial charge in [0.2, 0.25) is 5.91 Å². The van der Waals surface area contributed by atoms with Crippen molar-refractivity contribution in [2.24, 2.45) is 17.3 Å². The minimum Gasteiger partial charge on any atom is -0.491 e. The number of benzene rings is 1. The molecule has 1 aliphatic heterocycles. The molecule has 1 spiro atoms. The van der Waals surface area contributed by atoms with Crippen LogP contribution in [0.3, 0.4) is 0 Å². The first-order valence-electron chi connectivity index (χ1n) is 8.50. The number of nitrogens with one attached hydrogen (secondary N) is 2. The Bertz CT molecular complexity index is 568. The minimum atomic E-state index is 0. The highest BCUT2D eigenvalue weighted by molar-refractivity contribution is 5.96. The molecular weight excluding hydrogens is 312 g/mol. The summed E-state index contributed by atoms with van der Waals surface area (Å²) in [6, 6.07) is 7.80. The summed E-state index contributed by atoms with van der Waals surface area (Å²) in [5.74, 6) is 1.88. The summed E-state index contributed by atoms with van der Waals surface area (Å²) in [5.41, 5.74) is 1.10. The monoisotopic (exact) mass is 336 g/mol. The van der Waals surface area contributed by atoms with E-state index in [0.717, 1.165) is 50.4 Å². The standard InChI is InChI=1S/C18H24N2O2.ClH/c21-17(14-11-18(14)7-9-19-10-8-18)20-15-3-1-2-4-16(15)22-12-13-5-6-13;/h1-4,13-14,19H,5-12H2,(H,20,21);1H. The molecule has 1 atom stereocenters. The molecule has 4 rings (SSSR count). The maximum absolute atomic E-state index is 12.6. The zero-order valence-corrected chi connectivity index (χ0v) is 14.2. The SMILES string of the molecule is Cl.O=C(Nc1ccccc1OCC1CC1)C1CC12CCNCC2. The van der Waals surface area contributed by atoms with Gasteiger partial charge in [-0.2, -0.15) is 0 Å². The summed E-state index contributed by atoms with van der Waals surface area (Å²) in [6.45, 7) is 2.86. The Kier molecular flexibility index (Phi) is 4.83. The summed E-state index contributed by atoms with van der Waals surface area (Å²) >= 11 is 0. The number of ether oxygens (including phenoxy) is 1. The van der Waals surface area contributed by atoms with Gasteiger partial charge in [0.15, 0.2) is 0 Å².